The van der Waals surface area contributed by atoms with Gasteiger partial charge in [0.05, 0.1) is 15.6 Å². The number of pyridine rings is 3. The molecule has 1 radical (unpaired) electrons. The third-order valence-electron chi connectivity index (χ3n) is 5.25. The molecule has 6 aromatic rings. The molecule has 3 heterocycles. The average molecular weight is 783 g/mol. The molecule has 0 saturated carbocycles. The Bertz CT molecular complexity index is 1590. The Morgan fingerprint density at radius 2 is 1.13 bits per heavy atom. The quantitative estimate of drug-likeness (QED) is 0.116. The Morgan fingerprint density at radius 3 is 1.47 bits per heavy atom. The molecule has 4 N–H and O–H groups in total. The molecule has 3 aromatic carbocycles. The van der Waals surface area contributed by atoms with Gasteiger partial charge < -0.3 is 20.4 Å². The van der Waals surface area contributed by atoms with Crippen LogP contribution in [0.25, 0.3) is 21.8 Å². The molecule has 0 aliphatic carbocycles. The average Bonchev–Trinajstić information content (AvgIpc) is 3.07. The fourth-order valence-electron chi connectivity index (χ4n) is 3.26. The minimum absolute atomic E-state index is 0. The largest absolute Gasteiger partial charge is 1.00 e. The fourth-order valence-corrected chi connectivity index (χ4v) is 3.69. The predicted octanol–water partition coefficient (Wildman–Crippen LogP) is 6.39. The summed E-state index contributed by atoms with van der Waals surface area (Å²) >= 11 is 14.3. The van der Waals surface area contributed by atoms with Crippen LogP contribution in [0.2, 0.25) is 10.0 Å². The van der Waals surface area contributed by atoms with Crippen LogP contribution in [-0.4, -0.2) is 110 Å². The Kier molecular flexibility index (Phi) is 21.3. The van der Waals surface area contributed by atoms with Gasteiger partial charge in [-0.15, -0.1) is 0 Å². The van der Waals surface area contributed by atoms with Crippen LogP contribution in [0.1, 0.15) is 20.7 Å². The summed E-state index contributed by atoms with van der Waals surface area (Å²) < 4.78 is 0. The van der Waals surface area contributed by atoms with Gasteiger partial charge in [0.1, 0.15) is 22.5 Å². The molecular formula is C31H22Cl2K2N3O6Ru. The second kappa shape index (κ2) is 23.1. The summed E-state index contributed by atoms with van der Waals surface area (Å²) in [5.74, 6) is -1.53. The second-order valence-corrected chi connectivity index (χ2v) is 8.89. The number of phenols is 2. The Morgan fingerprint density at radius 1 is 0.667 bits per heavy atom. The first-order chi connectivity index (χ1) is 21.2. The number of carboxylic acid groups (broad SMARTS) is 2. The number of carboxylic acids is 2. The van der Waals surface area contributed by atoms with Crippen molar-refractivity contribution in [3.8, 4) is 11.5 Å². The van der Waals surface area contributed by atoms with E-state index in [-0.39, 0.29) is 42.1 Å². The smallest absolute Gasteiger partial charge is 1.00 e. The van der Waals surface area contributed by atoms with Gasteiger partial charge in [-0.25, -0.2) is 4.79 Å². The van der Waals surface area contributed by atoms with Crippen LogP contribution in [0.15, 0.2) is 110 Å². The van der Waals surface area contributed by atoms with E-state index in [0.29, 0.717) is 21.1 Å². The number of hydrogen-bond donors (Lipinski definition) is 4. The molecule has 6 rings (SSSR count). The van der Waals surface area contributed by atoms with Gasteiger partial charge in [0.15, 0.2) is 0 Å². The number of benzene rings is 3. The van der Waals surface area contributed by atoms with Gasteiger partial charge in [-0.1, -0.05) is 28.8 Å². The molecule has 0 unspecified atom stereocenters. The molecule has 0 bridgehead atoms. The first-order valence-electron chi connectivity index (χ1n) is 13.0. The number of carbonyl (C=O) groups is 2. The second-order valence-electron chi connectivity index (χ2n) is 8.08. The van der Waals surface area contributed by atoms with Crippen LogP contribution in [0.3, 0.4) is 0 Å². The summed E-state index contributed by atoms with van der Waals surface area (Å²) in [7, 11) is 0. The van der Waals surface area contributed by atoms with Crippen LogP contribution in [0, 0.1) is 6.07 Å². The van der Waals surface area contributed by atoms with Crippen LogP contribution in [0.5, 0.6) is 11.5 Å². The third kappa shape index (κ3) is 14.1. The number of nitrogens with zero attached hydrogens (tertiary/aromatic N) is 3. The van der Waals surface area contributed by atoms with Crippen molar-refractivity contribution in [2.24, 2.45) is 0 Å². The van der Waals surface area contributed by atoms with E-state index < -0.39 is 11.9 Å². The molecule has 0 spiro atoms. The van der Waals surface area contributed by atoms with E-state index in [0.717, 1.165) is 10.8 Å². The molecule has 0 aliphatic heterocycles. The molecule has 0 atom stereocenters. The fraction of sp³-hybridized carbons (Fsp3) is 0. The predicted molar refractivity (Wildman–Crippen MR) is 172 cm³/mol. The van der Waals surface area contributed by atoms with Crippen LogP contribution >= 0.6 is 23.2 Å². The number of halogens is 2. The first kappa shape index (κ1) is 41.7. The standard InChI is InChI=1S/2C9H6ClNO.C7H5O2.C6H5NO2.2K.Ru/c2*10-7-3-4-8(12)9-6(7)2-1-5-11-9;8-7(9)6-4-2-1-3-5-6;8-6(9)5-2-1-3-7-4-5;;;/h2*1-5,12H;1-2,4-5H,(H,8,9);1-4H,(H,8,9);;;/q;;-1;;;;+1. The maximum Gasteiger partial charge on any atom is 1.00 e. The Hall–Kier alpha value is -1.35. The van der Waals surface area contributed by atoms with E-state index in [9.17, 15) is 19.8 Å². The molecule has 3 aromatic heterocycles. The molecule has 9 nitrogen and oxygen atoms in total. The van der Waals surface area contributed by atoms with Crippen LogP contribution in [-0.2, 0) is 19.5 Å². The van der Waals surface area contributed by atoms with Crippen LogP contribution < -0.4 is 0 Å². The van der Waals surface area contributed by atoms with Crippen LogP contribution in [0.4, 0.5) is 0 Å². The minimum atomic E-state index is -0.942. The SMILES string of the molecule is O=C(O)c1c[c-]ccc1.O=C(O)c1cccnc1.Oc1ccc(Cl)c2cccnc12.Oc1ccc(Cl)c2cccnc12.[K][K].[Ru+]. The molecule has 0 fully saturated rings. The molecular weight excluding hydrogens is 761 g/mol. The van der Waals surface area contributed by atoms with E-state index in [1.807, 2.05) is 12.1 Å². The molecule has 0 saturated heterocycles. The molecule has 0 aliphatic rings. The zero-order valence-corrected chi connectivity index (χ0v) is 33.4. The van der Waals surface area contributed by atoms with Crippen molar-refractivity contribution in [1.29, 1.82) is 0 Å². The summed E-state index contributed by atoms with van der Waals surface area (Å²) in [4.78, 5) is 32.0. The van der Waals surface area contributed by atoms with Crippen molar-refractivity contribution in [2.75, 3.05) is 0 Å². The van der Waals surface area contributed by atoms with Crippen molar-refractivity contribution < 1.29 is 49.5 Å². The molecule has 221 valence electrons. The Balaban J connectivity index is 0.000000295. The number of aromatic hydroxyl groups is 2. The Labute approximate surface area is 327 Å². The van der Waals surface area contributed by atoms with E-state index in [4.69, 9.17) is 33.4 Å². The van der Waals surface area contributed by atoms with Crippen molar-refractivity contribution in [3.05, 3.63) is 137 Å². The molecule has 14 heteroatoms. The number of aromatic nitrogens is 3. The number of rotatable bonds is 2. The number of phenolic OH excluding ortho intramolecular Hbond substituents is 2. The summed E-state index contributed by atoms with van der Waals surface area (Å²) in [6, 6.07) is 25.6. The van der Waals surface area contributed by atoms with Crippen molar-refractivity contribution in [2.45, 2.75) is 0 Å². The summed E-state index contributed by atoms with van der Waals surface area (Å²) in [5, 5.41) is 38.2. The number of hydrogen-bond acceptors (Lipinski definition) is 7. The first-order valence-corrected chi connectivity index (χ1v) is 29.7. The van der Waals surface area contributed by atoms with Gasteiger partial charge in [-0.05, 0) is 60.7 Å². The maximum absolute atomic E-state index is 10.2. The van der Waals surface area contributed by atoms with E-state index in [1.165, 1.54) is 106 Å². The summed E-state index contributed by atoms with van der Waals surface area (Å²) in [6.07, 6.45) is 6.09. The van der Waals surface area contributed by atoms with Crippen molar-refractivity contribution >= 4 is 120 Å². The van der Waals surface area contributed by atoms with Gasteiger partial charge in [0.2, 0.25) is 0 Å². The van der Waals surface area contributed by atoms with Crippen molar-refractivity contribution in [3.63, 3.8) is 0 Å². The third-order valence-corrected chi connectivity index (χ3v) is 5.91. The summed E-state index contributed by atoms with van der Waals surface area (Å²) in [6.45, 7) is 0. The topological polar surface area (TPSA) is 154 Å². The molecule has 0 amide bonds. The zero-order chi connectivity index (χ0) is 32.5. The van der Waals surface area contributed by atoms with Crippen molar-refractivity contribution in [1.82, 2.24) is 15.0 Å². The van der Waals surface area contributed by atoms with Gasteiger partial charge in [-0.3, -0.25) is 19.7 Å². The van der Waals surface area contributed by atoms with Gasteiger partial charge in [0.25, 0.3) is 5.97 Å². The van der Waals surface area contributed by atoms with E-state index in [2.05, 4.69) is 21.0 Å². The van der Waals surface area contributed by atoms with Gasteiger partial charge in [-0.2, -0.15) is 30.3 Å². The minimum Gasteiger partial charge on any atom is 1.00 e. The maximum atomic E-state index is 10.2. The number of fused-ring (bicyclic) bond motifs is 2. The zero-order valence-electron chi connectivity index (χ0n) is 23.9. The molecule has 45 heavy (non-hydrogen) atoms. The van der Waals surface area contributed by atoms with Gasteiger partial charge in [0, 0.05) is 35.6 Å². The number of aromatic carboxylic acids is 2. The monoisotopic (exact) mass is 782 g/mol. The van der Waals surface area contributed by atoms with E-state index >= 15 is 0 Å². The van der Waals surface area contributed by atoms with Gasteiger partial charge >= 0.3 is 88.6 Å². The van der Waals surface area contributed by atoms with E-state index in [1.54, 1.807) is 54.9 Å². The summed E-state index contributed by atoms with van der Waals surface area (Å²) in [5.41, 5.74) is 1.59. The normalized spacial score (nSPS) is 9.29.